The smallest absolute Gasteiger partial charge is 0.397 e. The second kappa shape index (κ2) is 4.74. The van der Waals surface area contributed by atoms with Crippen LogP contribution in [0.3, 0.4) is 0 Å². The van der Waals surface area contributed by atoms with Crippen molar-refractivity contribution in [3.8, 4) is 0 Å². The van der Waals surface area contributed by atoms with Gasteiger partial charge >= 0.3 is 12.1 Å². The summed E-state index contributed by atoms with van der Waals surface area (Å²) in [6, 6.07) is 0. The molecule has 2 N–H and O–H groups in total. The van der Waals surface area contributed by atoms with E-state index in [4.69, 9.17) is 5.11 Å². The lowest BCUT2D eigenvalue weighted by Crippen LogP contribution is -2.22. The SMILES string of the molecule is Cc1csc(C(=O)O)c1NC(=O)CC(F)(F)F. The van der Waals surface area contributed by atoms with Gasteiger partial charge in [-0.3, -0.25) is 4.79 Å². The van der Waals surface area contributed by atoms with Crippen molar-refractivity contribution in [3.63, 3.8) is 0 Å². The number of carboxylic acid groups (broad SMARTS) is 1. The van der Waals surface area contributed by atoms with E-state index >= 15 is 0 Å². The van der Waals surface area contributed by atoms with Crippen molar-refractivity contribution in [2.75, 3.05) is 5.32 Å². The van der Waals surface area contributed by atoms with E-state index in [0.29, 0.717) is 5.56 Å². The molecule has 4 nitrogen and oxygen atoms in total. The monoisotopic (exact) mass is 267 g/mol. The Balaban J connectivity index is 2.85. The minimum Gasteiger partial charge on any atom is -0.477 e. The predicted octanol–water partition coefficient (Wildman–Crippen LogP) is 2.65. The number of rotatable bonds is 3. The third kappa shape index (κ3) is 3.74. The zero-order valence-corrected chi connectivity index (χ0v) is 9.41. The standard InChI is InChI=1S/C9H8F3NO3S/c1-4-3-17-7(8(15)16)6(4)13-5(14)2-9(10,11)12/h3H,2H2,1H3,(H,13,14)(H,15,16). The van der Waals surface area contributed by atoms with Crippen LogP contribution in [0.1, 0.15) is 21.7 Å². The number of halogens is 3. The lowest BCUT2D eigenvalue weighted by molar-refractivity contribution is -0.150. The molecule has 1 amide bonds. The normalized spacial score (nSPS) is 11.3. The van der Waals surface area contributed by atoms with E-state index in [9.17, 15) is 22.8 Å². The summed E-state index contributed by atoms with van der Waals surface area (Å²) < 4.78 is 35.8. The molecule has 0 atom stereocenters. The number of carboxylic acids is 1. The Kier molecular flexibility index (Phi) is 3.76. The zero-order valence-electron chi connectivity index (χ0n) is 8.59. The van der Waals surface area contributed by atoms with Crippen LogP contribution in [0.15, 0.2) is 5.38 Å². The van der Waals surface area contributed by atoms with Crippen LogP contribution in [0.25, 0.3) is 0 Å². The fourth-order valence-electron chi connectivity index (χ4n) is 1.12. The molecule has 17 heavy (non-hydrogen) atoms. The van der Waals surface area contributed by atoms with Gasteiger partial charge in [-0.25, -0.2) is 4.79 Å². The van der Waals surface area contributed by atoms with Crippen LogP contribution in [-0.4, -0.2) is 23.2 Å². The Morgan fingerprint density at radius 2 is 2.06 bits per heavy atom. The summed E-state index contributed by atoms with van der Waals surface area (Å²) in [6.07, 6.45) is -6.25. The maximum absolute atomic E-state index is 11.9. The average molecular weight is 267 g/mol. The first-order valence-electron chi connectivity index (χ1n) is 4.38. The maximum Gasteiger partial charge on any atom is 0.397 e. The average Bonchev–Trinajstić information content (AvgIpc) is 2.44. The van der Waals surface area contributed by atoms with Gasteiger partial charge in [-0.15, -0.1) is 11.3 Å². The number of amides is 1. The quantitative estimate of drug-likeness (QED) is 0.884. The summed E-state index contributed by atoms with van der Waals surface area (Å²) in [4.78, 5) is 21.6. The van der Waals surface area contributed by atoms with Gasteiger partial charge < -0.3 is 10.4 Å². The Morgan fingerprint density at radius 3 is 2.53 bits per heavy atom. The van der Waals surface area contributed by atoms with Crippen LogP contribution >= 0.6 is 11.3 Å². The second-order valence-electron chi connectivity index (χ2n) is 3.27. The van der Waals surface area contributed by atoms with Gasteiger partial charge in [-0.05, 0) is 17.9 Å². The summed E-state index contributed by atoms with van der Waals surface area (Å²) >= 11 is 0.849. The molecule has 0 aromatic carbocycles. The Hall–Kier alpha value is -1.57. The Bertz CT molecular complexity index is 453. The summed E-state index contributed by atoms with van der Waals surface area (Å²) in [5.41, 5.74) is 0.347. The molecule has 0 saturated carbocycles. The highest BCUT2D eigenvalue weighted by molar-refractivity contribution is 7.12. The number of carbonyl (C=O) groups excluding carboxylic acids is 1. The van der Waals surface area contributed by atoms with Crippen LogP contribution in [0.5, 0.6) is 0 Å². The first kappa shape index (κ1) is 13.5. The van der Waals surface area contributed by atoms with Crippen molar-refractivity contribution < 1.29 is 27.9 Å². The van der Waals surface area contributed by atoms with Gasteiger partial charge in [0.2, 0.25) is 5.91 Å². The minimum absolute atomic E-state index is 0.0725. The highest BCUT2D eigenvalue weighted by Gasteiger charge is 2.32. The molecule has 0 aliphatic carbocycles. The molecule has 0 spiro atoms. The fraction of sp³-hybridized carbons (Fsp3) is 0.333. The largest absolute Gasteiger partial charge is 0.477 e. The maximum atomic E-state index is 11.9. The van der Waals surface area contributed by atoms with Crippen molar-refractivity contribution in [2.45, 2.75) is 19.5 Å². The van der Waals surface area contributed by atoms with Crippen molar-refractivity contribution in [3.05, 3.63) is 15.8 Å². The Morgan fingerprint density at radius 1 is 1.47 bits per heavy atom. The van der Waals surface area contributed by atoms with Crippen molar-refractivity contribution >= 4 is 28.9 Å². The lowest BCUT2D eigenvalue weighted by atomic mass is 10.2. The van der Waals surface area contributed by atoms with Crippen LogP contribution in [0.2, 0.25) is 0 Å². The van der Waals surface area contributed by atoms with Crippen LogP contribution in [-0.2, 0) is 4.79 Å². The molecule has 0 fully saturated rings. The predicted molar refractivity (Wildman–Crippen MR) is 55.3 cm³/mol. The molecular formula is C9H8F3NO3S. The van der Waals surface area contributed by atoms with Crippen LogP contribution < -0.4 is 5.32 Å². The second-order valence-corrected chi connectivity index (χ2v) is 4.15. The fourth-order valence-corrected chi connectivity index (χ4v) is 1.97. The third-order valence-corrected chi connectivity index (χ3v) is 2.88. The summed E-state index contributed by atoms with van der Waals surface area (Å²) in [6.45, 7) is 1.51. The molecule has 94 valence electrons. The van der Waals surface area contributed by atoms with E-state index in [0.717, 1.165) is 11.3 Å². The van der Waals surface area contributed by atoms with Gasteiger partial charge in [0.15, 0.2) is 0 Å². The highest BCUT2D eigenvalue weighted by Crippen LogP contribution is 2.28. The molecule has 8 heteroatoms. The van der Waals surface area contributed by atoms with E-state index in [1.807, 2.05) is 5.32 Å². The van der Waals surface area contributed by atoms with Gasteiger partial charge in [-0.1, -0.05) is 0 Å². The van der Waals surface area contributed by atoms with Crippen molar-refractivity contribution in [1.82, 2.24) is 0 Å². The van der Waals surface area contributed by atoms with E-state index in [1.54, 1.807) is 0 Å². The first-order chi connectivity index (χ1) is 7.70. The minimum atomic E-state index is -4.61. The van der Waals surface area contributed by atoms with Gasteiger partial charge in [0.25, 0.3) is 0 Å². The van der Waals surface area contributed by atoms with Gasteiger partial charge in [-0.2, -0.15) is 13.2 Å². The summed E-state index contributed by atoms with van der Waals surface area (Å²) in [5, 5.41) is 12.2. The van der Waals surface area contributed by atoms with Crippen LogP contribution in [0.4, 0.5) is 18.9 Å². The zero-order chi connectivity index (χ0) is 13.2. The molecule has 1 aromatic heterocycles. The van der Waals surface area contributed by atoms with Gasteiger partial charge in [0.05, 0.1) is 5.69 Å². The van der Waals surface area contributed by atoms with E-state index < -0.39 is 24.5 Å². The Labute approximate surface area is 98.1 Å². The molecule has 0 saturated heterocycles. The number of anilines is 1. The number of aromatic carboxylic acids is 1. The molecule has 0 unspecified atom stereocenters. The molecule has 0 aliphatic heterocycles. The van der Waals surface area contributed by atoms with Crippen molar-refractivity contribution in [1.29, 1.82) is 0 Å². The number of hydrogen-bond acceptors (Lipinski definition) is 3. The highest BCUT2D eigenvalue weighted by atomic mass is 32.1. The number of carbonyl (C=O) groups is 2. The van der Waals surface area contributed by atoms with Crippen molar-refractivity contribution in [2.24, 2.45) is 0 Å². The number of hydrogen-bond donors (Lipinski definition) is 2. The third-order valence-electron chi connectivity index (χ3n) is 1.79. The van der Waals surface area contributed by atoms with Gasteiger partial charge in [0, 0.05) is 0 Å². The number of aryl methyl sites for hydroxylation is 1. The van der Waals surface area contributed by atoms with Crippen LogP contribution in [0, 0.1) is 6.92 Å². The van der Waals surface area contributed by atoms with E-state index in [-0.39, 0.29) is 10.6 Å². The molecule has 0 radical (unpaired) electrons. The lowest BCUT2D eigenvalue weighted by Gasteiger charge is -2.08. The number of nitrogens with one attached hydrogen (secondary N) is 1. The number of thiophene rings is 1. The molecule has 1 aromatic rings. The summed E-state index contributed by atoms with van der Waals surface area (Å²) in [7, 11) is 0. The van der Waals surface area contributed by atoms with E-state index in [1.165, 1.54) is 12.3 Å². The molecule has 0 bridgehead atoms. The molecule has 0 aliphatic rings. The molecule has 1 rings (SSSR count). The topological polar surface area (TPSA) is 66.4 Å². The first-order valence-corrected chi connectivity index (χ1v) is 5.26. The van der Waals surface area contributed by atoms with E-state index in [2.05, 4.69) is 0 Å². The number of alkyl halides is 3. The molecular weight excluding hydrogens is 259 g/mol. The summed E-state index contributed by atoms with van der Waals surface area (Å²) in [5.74, 6) is -2.56. The molecule has 1 heterocycles. The van der Waals surface area contributed by atoms with Gasteiger partial charge in [0.1, 0.15) is 11.3 Å².